The van der Waals surface area contributed by atoms with Crippen molar-refractivity contribution in [2.24, 2.45) is 4.40 Å². The Labute approximate surface area is 152 Å². The van der Waals surface area contributed by atoms with Crippen molar-refractivity contribution in [1.82, 2.24) is 4.90 Å². The average Bonchev–Trinajstić information content (AvgIpc) is 2.56. The summed E-state index contributed by atoms with van der Waals surface area (Å²) in [5, 5.41) is 1.05. The quantitative estimate of drug-likeness (QED) is 0.564. The minimum atomic E-state index is -3.85. The van der Waals surface area contributed by atoms with Gasteiger partial charge in [-0.2, -0.15) is 8.42 Å². The lowest BCUT2D eigenvalue weighted by Gasteiger charge is -2.23. The van der Waals surface area contributed by atoms with Gasteiger partial charge in [0.1, 0.15) is 5.84 Å². The summed E-state index contributed by atoms with van der Waals surface area (Å²) < 4.78 is 29.4. The second-order valence-corrected chi connectivity index (χ2v) is 7.50. The van der Waals surface area contributed by atoms with Crippen molar-refractivity contribution >= 4 is 39.1 Å². The summed E-state index contributed by atoms with van der Waals surface area (Å²) in [4.78, 5) is 1.99. The average molecular weight is 385 g/mol. The van der Waals surface area contributed by atoms with Gasteiger partial charge >= 0.3 is 0 Å². The summed E-state index contributed by atoms with van der Waals surface area (Å²) in [6, 6.07) is 12.9. The van der Waals surface area contributed by atoms with Crippen LogP contribution in [-0.2, 0) is 10.0 Å². The molecule has 7 heteroatoms. The summed E-state index contributed by atoms with van der Waals surface area (Å²) in [5.74, 6) is 0.395. The van der Waals surface area contributed by atoms with Gasteiger partial charge in [-0.1, -0.05) is 23.2 Å². The third-order valence-electron chi connectivity index (χ3n) is 3.48. The maximum atomic E-state index is 12.6. The highest BCUT2D eigenvalue weighted by atomic mass is 35.5. The van der Waals surface area contributed by atoms with E-state index in [1.54, 1.807) is 24.3 Å². The van der Waals surface area contributed by atoms with Crippen molar-refractivity contribution in [1.29, 1.82) is 0 Å². The van der Waals surface area contributed by atoms with Crippen molar-refractivity contribution in [3.63, 3.8) is 0 Å². The molecule has 0 aliphatic rings. The van der Waals surface area contributed by atoms with Crippen LogP contribution in [0.2, 0.25) is 10.0 Å². The van der Waals surface area contributed by atoms with Crippen molar-refractivity contribution in [3.05, 3.63) is 64.1 Å². The molecular formula is C17H18Cl2N2O2S. The summed E-state index contributed by atoms with van der Waals surface area (Å²) in [6.45, 7) is 5.16. The Morgan fingerprint density at radius 1 is 0.917 bits per heavy atom. The standard InChI is InChI=1S/C17H18Cl2N2O2S/c1-3-21(4-2)17(13-5-7-14(18)8-6-13)20-24(22,23)16-11-9-15(19)10-12-16/h5-12H,3-4H2,1-2H3/b20-17-. The zero-order valence-electron chi connectivity index (χ0n) is 13.4. The van der Waals surface area contributed by atoms with E-state index in [0.29, 0.717) is 34.5 Å². The number of hydrogen-bond donors (Lipinski definition) is 0. The second-order valence-electron chi connectivity index (χ2n) is 5.02. The molecule has 4 nitrogen and oxygen atoms in total. The van der Waals surface area contributed by atoms with Gasteiger partial charge in [-0.25, -0.2) is 0 Å². The maximum absolute atomic E-state index is 12.6. The molecule has 0 unspecified atom stereocenters. The highest BCUT2D eigenvalue weighted by Gasteiger charge is 2.18. The minimum absolute atomic E-state index is 0.102. The number of sulfonamides is 1. The molecule has 0 radical (unpaired) electrons. The van der Waals surface area contributed by atoms with E-state index in [0.717, 1.165) is 0 Å². The lowest BCUT2D eigenvalue weighted by atomic mass is 10.2. The van der Waals surface area contributed by atoms with Gasteiger partial charge in [0.05, 0.1) is 4.90 Å². The molecule has 0 N–H and O–H groups in total. The van der Waals surface area contributed by atoms with Gasteiger partial charge in [-0.05, 0) is 62.4 Å². The van der Waals surface area contributed by atoms with Crippen molar-refractivity contribution in [2.75, 3.05) is 13.1 Å². The lowest BCUT2D eigenvalue weighted by molar-refractivity contribution is 0.467. The predicted octanol–water partition coefficient (Wildman–Crippen LogP) is 4.47. The van der Waals surface area contributed by atoms with E-state index in [9.17, 15) is 8.42 Å². The van der Waals surface area contributed by atoms with Crippen LogP contribution in [0.15, 0.2) is 57.8 Å². The molecule has 0 heterocycles. The molecule has 0 saturated carbocycles. The molecule has 2 rings (SSSR count). The number of benzene rings is 2. The van der Waals surface area contributed by atoms with Crippen LogP contribution in [0.3, 0.4) is 0 Å². The van der Waals surface area contributed by atoms with E-state index < -0.39 is 10.0 Å². The smallest absolute Gasteiger partial charge is 0.284 e. The minimum Gasteiger partial charge on any atom is -0.356 e. The fraction of sp³-hybridized carbons (Fsp3) is 0.235. The molecule has 0 atom stereocenters. The maximum Gasteiger partial charge on any atom is 0.284 e. The van der Waals surface area contributed by atoms with Gasteiger partial charge in [-0.3, -0.25) is 0 Å². The molecule has 2 aromatic carbocycles. The molecular weight excluding hydrogens is 367 g/mol. The molecule has 0 spiro atoms. The van der Waals surface area contributed by atoms with Gasteiger partial charge < -0.3 is 4.90 Å². The highest BCUT2D eigenvalue weighted by Crippen LogP contribution is 2.19. The zero-order chi connectivity index (χ0) is 17.7. The molecule has 24 heavy (non-hydrogen) atoms. The van der Waals surface area contributed by atoms with Crippen molar-refractivity contribution < 1.29 is 8.42 Å². The third-order valence-corrected chi connectivity index (χ3v) is 5.27. The topological polar surface area (TPSA) is 49.7 Å². The Kier molecular flexibility index (Phi) is 6.27. The van der Waals surface area contributed by atoms with Crippen LogP contribution >= 0.6 is 23.2 Å². The van der Waals surface area contributed by atoms with Crippen molar-refractivity contribution in [3.8, 4) is 0 Å². The first-order valence-corrected chi connectivity index (χ1v) is 9.68. The van der Waals surface area contributed by atoms with Crippen LogP contribution in [0.25, 0.3) is 0 Å². The summed E-state index contributed by atoms with van der Waals surface area (Å²) in [6.07, 6.45) is 0. The fourth-order valence-electron chi connectivity index (χ4n) is 2.19. The summed E-state index contributed by atoms with van der Waals surface area (Å²) in [7, 11) is -3.85. The molecule has 0 fully saturated rings. The molecule has 0 aromatic heterocycles. The number of rotatable bonds is 5. The van der Waals surface area contributed by atoms with Gasteiger partial charge in [0.15, 0.2) is 0 Å². The van der Waals surface area contributed by atoms with Crippen LogP contribution in [0.5, 0.6) is 0 Å². The third kappa shape index (κ3) is 4.50. The monoisotopic (exact) mass is 384 g/mol. The van der Waals surface area contributed by atoms with Crippen molar-refractivity contribution in [2.45, 2.75) is 18.7 Å². The van der Waals surface area contributed by atoms with E-state index in [1.807, 2.05) is 18.7 Å². The van der Waals surface area contributed by atoms with E-state index in [-0.39, 0.29) is 4.90 Å². The molecule has 2 aromatic rings. The van der Waals surface area contributed by atoms with E-state index in [1.165, 1.54) is 24.3 Å². The van der Waals surface area contributed by atoms with Gasteiger partial charge in [0, 0.05) is 28.7 Å². The van der Waals surface area contributed by atoms with Crippen LogP contribution in [0, 0.1) is 0 Å². The Hall–Kier alpha value is -1.56. The first-order valence-electron chi connectivity index (χ1n) is 7.48. The largest absolute Gasteiger partial charge is 0.356 e. The number of halogens is 2. The van der Waals surface area contributed by atoms with Crippen LogP contribution in [0.1, 0.15) is 19.4 Å². The SMILES string of the molecule is CCN(CC)/C(=N\S(=O)(=O)c1ccc(Cl)cc1)c1ccc(Cl)cc1. The predicted molar refractivity (Wildman–Crippen MR) is 99.5 cm³/mol. The molecule has 0 amide bonds. The van der Waals surface area contributed by atoms with Gasteiger partial charge in [0.2, 0.25) is 0 Å². The summed E-state index contributed by atoms with van der Waals surface area (Å²) >= 11 is 11.7. The number of hydrogen-bond acceptors (Lipinski definition) is 2. The fourth-order valence-corrected chi connectivity index (χ4v) is 3.47. The molecule has 0 aliphatic carbocycles. The van der Waals surface area contributed by atoms with Crippen LogP contribution < -0.4 is 0 Å². The van der Waals surface area contributed by atoms with Gasteiger partial charge in [0.25, 0.3) is 10.0 Å². The Morgan fingerprint density at radius 2 is 1.38 bits per heavy atom. The van der Waals surface area contributed by atoms with Crippen LogP contribution in [0.4, 0.5) is 0 Å². The zero-order valence-corrected chi connectivity index (χ0v) is 15.7. The molecule has 128 valence electrons. The first-order chi connectivity index (χ1) is 11.4. The van der Waals surface area contributed by atoms with E-state index in [2.05, 4.69) is 4.40 Å². The molecule has 0 aliphatic heterocycles. The number of amidine groups is 1. The van der Waals surface area contributed by atoms with E-state index >= 15 is 0 Å². The Bertz CT molecular complexity index is 813. The lowest BCUT2D eigenvalue weighted by Crippen LogP contribution is -2.32. The molecule has 0 bridgehead atoms. The Morgan fingerprint density at radius 3 is 1.83 bits per heavy atom. The molecule has 0 saturated heterocycles. The van der Waals surface area contributed by atoms with E-state index in [4.69, 9.17) is 23.2 Å². The van der Waals surface area contributed by atoms with Crippen LogP contribution in [-0.4, -0.2) is 32.2 Å². The number of nitrogens with zero attached hydrogens (tertiary/aromatic N) is 2. The first kappa shape index (κ1) is 18.8. The summed E-state index contributed by atoms with van der Waals surface area (Å²) in [5.41, 5.74) is 0.695. The highest BCUT2D eigenvalue weighted by molar-refractivity contribution is 7.90. The normalized spacial score (nSPS) is 12.2. The second kappa shape index (κ2) is 8.01. The Balaban J connectivity index is 2.54. The van der Waals surface area contributed by atoms with Gasteiger partial charge in [-0.15, -0.1) is 4.40 Å².